The molecule has 1 heterocycles. The van der Waals surface area contributed by atoms with Crippen LogP contribution in [-0.4, -0.2) is 37.0 Å². The summed E-state index contributed by atoms with van der Waals surface area (Å²) in [5, 5.41) is 11.7. The van der Waals surface area contributed by atoms with E-state index in [4.69, 9.17) is 5.11 Å². The average Bonchev–Trinajstić information content (AvgIpc) is 2.64. The molecule has 0 bridgehead atoms. The van der Waals surface area contributed by atoms with Crippen LogP contribution in [0, 0.1) is 6.92 Å². The second-order valence-corrected chi connectivity index (χ2v) is 5.10. The smallest absolute Gasteiger partial charge is 0.411 e. The number of aryl methyl sites for hydroxylation is 1. The van der Waals surface area contributed by atoms with Crippen molar-refractivity contribution in [2.45, 2.75) is 19.6 Å². The molecule has 19 heavy (non-hydrogen) atoms. The molecule has 108 valence electrons. The Morgan fingerprint density at radius 3 is 2.74 bits per heavy atom. The van der Waals surface area contributed by atoms with Crippen LogP contribution in [0.1, 0.15) is 20.1 Å². The molecule has 0 aliphatic rings. The Bertz CT molecular complexity index is 431. The molecule has 0 aliphatic carbocycles. The molecule has 1 rings (SSSR count). The first-order valence-corrected chi connectivity index (χ1v) is 6.29. The van der Waals surface area contributed by atoms with Crippen molar-refractivity contribution in [2.75, 3.05) is 19.8 Å². The van der Waals surface area contributed by atoms with Gasteiger partial charge in [-0.3, -0.25) is 0 Å². The second-order valence-electron chi connectivity index (χ2n) is 3.84. The fourth-order valence-electron chi connectivity index (χ4n) is 1.36. The Balaban J connectivity index is 2.24. The van der Waals surface area contributed by atoms with Crippen molar-refractivity contribution in [1.29, 1.82) is 0 Å². The van der Waals surface area contributed by atoms with Gasteiger partial charge >= 0.3 is 12.1 Å². The molecule has 1 aromatic rings. The van der Waals surface area contributed by atoms with Crippen molar-refractivity contribution >= 4 is 17.3 Å². The van der Waals surface area contributed by atoms with Crippen LogP contribution in [-0.2, 0) is 11.3 Å². The van der Waals surface area contributed by atoms with Gasteiger partial charge in [0.2, 0.25) is 0 Å². The molecule has 0 unspecified atom stereocenters. The molecule has 0 aliphatic heterocycles. The van der Waals surface area contributed by atoms with E-state index in [0.29, 0.717) is 6.54 Å². The van der Waals surface area contributed by atoms with Gasteiger partial charge in [-0.1, -0.05) is 0 Å². The summed E-state index contributed by atoms with van der Waals surface area (Å²) < 4.78 is 39.7. The van der Waals surface area contributed by atoms with E-state index in [2.05, 4.69) is 10.1 Å². The van der Waals surface area contributed by atoms with E-state index in [1.54, 1.807) is 13.0 Å². The van der Waals surface area contributed by atoms with E-state index >= 15 is 0 Å². The molecule has 0 spiro atoms. The number of halogens is 3. The summed E-state index contributed by atoms with van der Waals surface area (Å²) in [6.07, 6.45) is -4.31. The van der Waals surface area contributed by atoms with Crippen LogP contribution in [0.25, 0.3) is 0 Å². The molecule has 0 aromatic carbocycles. The molecule has 0 amide bonds. The Kier molecular flexibility index (Phi) is 5.77. The fourth-order valence-corrected chi connectivity index (χ4v) is 2.24. The van der Waals surface area contributed by atoms with E-state index in [-0.39, 0.29) is 18.0 Å². The van der Waals surface area contributed by atoms with Gasteiger partial charge in [0, 0.05) is 18.0 Å². The quantitative estimate of drug-likeness (QED) is 0.759. The number of hydrogen-bond donors (Lipinski definition) is 2. The highest BCUT2D eigenvalue weighted by Crippen LogP contribution is 2.21. The lowest BCUT2D eigenvalue weighted by Gasteiger charge is -2.08. The van der Waals surface area contributed by atoms with Gasteiger partial charge in [-0.15, -0.1) is 11.3 Å². The maximum atomic E-state index is 11.8. The molecular weight excluding hydrogens is 283 g/mol. The fraction of sp³-hybridized carbons (Fsp3) is 0.545. The van der Waals surface area contributed by atoms with Crippen molar-refractivity contribution in [3.63, 3.8) is 0 Å². The number of ether oxygens (including phenoxy) is 1. The Morgan fingerprint density at radius 2 is 2.21 bits per heavy atom. The zero-order valence-corrected chi connectivity index (χ0v) is 11.0. The highest BCUT2D eigenvalue weighted by molar-refractivity contribution is 7.14. The van der Waals surface area contributed by atoms with Gasteiger partial charge in [0.05, 0.1) is 6.61 Å². The van der Waals surface area contributed by atoms with Crippen LogP contribution in [0.5, 0.6) is 0 Å². The molecule has 2 N–H and O–H groups in total. The molecular formula is C11H14F3NO3S. The van der Waals surface area contributed by atoms with Crippen molar-refractivity contribution in [1.82, 2.24) is 5.32 Å². The first-order valence-electron chi connectivity index (χ1n) is 5.47. The number of carboxylic acid groups (broad SMARTS) is 1. The van der Waals surface area contributed by atoms with Crippen LogP contribution in [0.2, 0.25) is 0 Å². The van der Waals surface area contributed by atoms with Gasteiger partial charge in [0.25, 0.3) is 0 Å². The molecule has 0 fully saturated rings. The third-order valence-corrected chi connectivity index (χ3v) is 3.32. The predicted octanol–water partition coefficient (Wildman–Crippen LogP) is 2.42. The van der Waals surface area contributed by atoms with Crippen molar-refractivity contribution in [2.24, 2.45) is 0 Å². The number of carboxylic acids is 1. The zero-order chi connectivity index (χ0) is 14.5. The Hall–Kier alpha value is -1.12. The van der Waals surface area contributed by atoms with Crippen LogP contribution in [0.4, 0.5) is 13.2 Å². The third-order valence-electron chi connectivity index (χ3n) is 2.24. The summed E-state index contributed by atoms with van der Waals surface area (Å²) in [7, 11) is 0. The van der Waals surface area contributed by atoms with Crippen molar-refractivity contribution in [3.05, 3.63) is 21.4 Å². The maximum Gasteiger partial charge on any atom is 0.411 e. The predicted molar refractivity (Wildman–Crippen MR) is 64.6 cm³/mol. The lowest BCUT2D eigenvalue weighted by atomic mass is 10.2. The van der Waals surface area contributed by atoms with Crippen LogP contribution in [0.15, 0.2) is 6.07 Å². The van der Waals surface area contributed by atoms with E-state index < -0.39 is 18.8 Å². The van der Waals surface area contributed by atoms with Crippen LogP contribution < -0.4 is 5.32 Å². The van der Waals surface area contributed by atoms with Gasteiger partial charge in [0.1, 0.15) is 11.5 Å². The highest BCUT2D eigenvalue weighted by atomic mass is 32.1. The summed E-state index contributed by atoms with van der Waals surface area (Å²) in [6.45, 7) is 1.18. The minimum Gasteiger partial charge on any atom is -0.477 e. The first-order chi connectivity index (χ1) is 8.79. The van der Waals surface area contributed by atoms with Crippen molar-refractivity contribution in [3.8, 4) is 0 Å². The maximum absolute atomic E-state index is 11.8. The topological polar surface area (TPSA) is 58.6 Å². The van der Waals surface area contributed by atoms with Crippen LogP contribution in [0.3, 0.4) is 0 Å². The Labute approximate surface area is 112 Å². The second kappa shape index (κ2) is 6.88. The normalized spacial score (nSPS) is 11.8. The van der Waals surface area contributed by atoms with E-state index in [0.717, 1.165) is 10.4 Å². The number of aromatic carboxylic acids is 1. The summed E-state index contributed by atoms with van der Waals surface area (Å²) in [4.78, 5) is 11.9. The number of rotatable bonds is 7. The van der Waals surface area contributed by atoms with Gasteiger partial charge < -0.3 is 15.2 Å². The highest BCUT2D eigenvalue weighted by Gasteiger charge is 2.27. The Morgan fingerprint density at radius 1 is 1.53 bits per heavy atom. The third kappa shape index (κ3) is 6.04. The summed E-state index contributed by atoms with van der Waals surface area (Å²) >= 11 is 1.17. The zero-order valence-electron chi connectivity index (χ0n) is 10.2. The van der Waals surface area contributed by atoms with Gasteiger partial charge in [-0.25, -0.2) is 4.79 Å². The summed E-state index contributed by atoms with van der Waals surface area (Å²) in [5.74, 6) is -0.979. The van der Waals surface area contributed by atoms with E-state index in [9.17, 15) is 18.0 Å². The lowest BCUT2D eigenvalue weighted by Crippen LogP contribution is -2.23. The largest absolute Gasteiger partial charge is 0.477 e. The average molecular weight is 297 g/mol. The number of alkyl halides is 3. The van der Waals surface area contributed by atoms with Gasteiger partial charge in [-0.2, -0.15) is 13.2 Å². The standard InChI is InChI=1S/C11H14F3NO3S/c1-7-8(4-9(19-7)10(16)17)5-15-2-3-18-6-11(12,13)14/h4,15H,2-3,5-6H2,1H3,(H,16,17). The molecule has 8 heteroatoms. The molecule has 0 atom stereocenters. The number of hydrogen-bond acceptors (Lipinski definition) is 4. The molecule has 1 aromatic heterocycles. The molecule has 4 nitrogen and oxygen atoms in total. The minimum absolute atomic E-state index is 0.0471. The molecule has 0 saturated heterocycles. The number of carbonyl (C=O) groups is 1. The molecule has 0 saturated carbocycles. The minimum atomic E-state index is -4.31. The van der Waals surface area contributed by atoms with Gasteiger partial charge in [0.15, 0.2) is 0 Å². The number of thiophene rings is 1. The van der Waals surface area contributed by atoms with E-state index in [1.807, 2.05) is 0 Å². The van der Waals surface area contributed by atoms with Gasteiger partial charge in [-0.05, 0) is 18.6 Å². The van der Waals surface area contributed by atoms with E-state index in [1.165, 1.54) is 11.3 Å². The lowest BCUT2D eigenvalue weighted by molar-refractivity contribution is -0.173. The SMILES string of the molecule is Cc1sc(C(=O)O)cc1CNCCOCC(F)(F)F. The molecule has 0 radical (unpaired) electrons. The number of nitrogens with one attached hydrogen (secondary N) is 1. The monoisotopic (exact) mass is 297 g/mol. The van der Waals surface area contributed by atoms with Crippen molar-refractivity contribution < 1.29 is 27.8 Å². The summed E-state index contributed by atoms with van der Waals surface area (Å²) in [6, 6.07) is 1.56. The summed E-state index contributed by atoms with van der Waals surface area (Å²) in [5.41, 5.74) is 0.832. The first kappa shape index (κ1) is 15.9. The van der Waals surface area contributed by atoms with Crippen LogP contribution >= 0.6 is 11.3 Å².